The van der Waals surface area contributed by atoms with Crippen molar-refractivity contribution in [3.05, 3.63) is 23.7 Å². The van der Waals surface area contributed by atoms with Gasteiger partial charge in [0, 0.05) is 6.42 Å². The molecule has 0 fully saturated rings. The molecule has 5 nitrogen and oxygen atoms in total. The van der Waals surface area contributed by atoms with Gasteiger partial charge in [0.05, 0.1) is 11.8 Å². The Bertz CT molecular complexity index is 416. The summed E-state index contributed by atoms with van der Waals surface area (Å²) in [5, 5.41) is 11.5. The Morgan fingerprint density at radius 2 is 2.28 bits per heavy atom. The maximum Gasteiger partial charge on any atom is 0.326 e. The average molecular weight is 271 g/mol. The first-order valence-corrected chi connectivity index (χ1v) is 7.08. The van der Waals surface area contributed by atoms with Crippen LogP contribution in [0.1, 0.15) is 29.5 Å². The summed E-state index contributed by atoms with van der Waals surface area (Å²) < 4.78 is 5.15. The third kappa shape index (κ3) is 3.80. The van der Waals surface area contributed by atoms with Crippen LogP contribution >= 0.6 is 11.8 Å². The van der Waals surface area contributed by atoms with E-state index in [1.54, 1.807) is 17.8 Å². The van der Waals surface area contributed by atoms with Crippen molar-refractivity contribution in [1.82, 2.24) is 5.32 Å². The molecule has 18 heavy (non-hydrogen) atoms. The molecule has 0 bridgehead atoms. The number of carboxylic acids is 1. The van der Waals surface area contributed by atoms with Gasteiger partial charge in [-0.25, -0.2) is 4.79 Å². The van der Waals surface area contributed by atoms with E-state index in [-0.39, 0.29) is 0 Å². The minimum absolute atomic E-state index is 0.394. The Morgan fingerprint density at radius 1 is 1.56 bits per heavy atom. The summed E-state index contributed by atoms with van der Waals surface area (Å²) in [6.45, 7) is 1.87. The van der Waals surface area contributed by atoms with Crippen LogP contribution < -0.4 is 5.32 Å². The molecule has 0 unspecified atom stereocenters. The van der Waals surface area contributed by atoms with E-state index in [4.69, 9.17) is 9.52 Å². The van der Waals surface area contributed by atoms with Gasteiger partial charge in [-0.3, -0.25) is 4.79 Å². The SMILES string of the molecule is CCc1occc1C(=O)N[C@@H](CCSC)C(=O)O. The molecule has 1 aromatic rings. The topological polar surface area (TPSA) is 79.5 Å². The quantitative estimate of drug-likeness (QED) is 0.790. The van der Waals surface area contributed by atoms with Crippen molar-refractivity contribution in [1.29, 1.82) is 0 Å². The Morgan fingerprint density at radius 3 is 2.83 bits per heavy atom. The summed E-state index contributed by atoms with van der Waals surface area (Å²) in [5.41, 5.74) is 0.410. The third-order valence-corrected chi connectivity index (χ3v) is 3.17. The molecule has 1 rings (SSSR count). The number of rotatable bonds is 7. The number of furan rings is 1. The summed E-state index contributed by atoms with van der Waals surface area (Å²) in [6.07, 6.45) is 4.33. The minimum Gasteiger partial charge on any atom is -0.480 e. The Kier molecular flexibility index (Phi) is 5.77. The molecule has 0 aliphatic carbocycles. The number of aliphatic carboxylic acids is 1. The second-order valence-electron chi connectivity index (χ2n) is 3.76. The van der Waals surface area contributed by atoms with E-state index >= 15 is 0 Å². The molecule has 0 aliphatic rings. The van der Waals surface area contributed by atoms with Crippen molar-refractivity contribution in [3.8, 4) is 0 Å². The zero-order chi connectivity index (χ0) is 13.5. The molecule has 6 heteroatoms. The first-order valence-electron chi connectivity index (χ1n) is 5.69. The Hall–Kier alpha value is -1.43. The number of thioether (sulfide) groups is 1. The van der Waals surface area contributed by atoms with E-state index in [0.29, 0.717) is 29.9 Å². The van der Waals surface area contributed by atoms with Crippen LogP contribution in [0.2, 0.25) is 0 Å². The third-order valence-electron chi connectivity index (χ3n) is 2.53. The van der Waals surface area contributed by atoms with E-state index in [2.05, 4.69) is 5.32 Å². The second kappa shape index (κ2) is 7.10. The summed E-state index contributed by atoms with van der Waals surface area (Å²) in [7, 11) is 0. The Labute approximate surface area is 110 Å². The zero-order valence-corrected chi connectivity index (χ0v) is 11.3. The van der Waals surface area contributed by atoms with Crippen molar-refractivity contribution >= 4 is 23.6 Å². The molecule has 1 atom stereocenters. The van der Waals surface area contributed by atoms with Gasteiger partial charge in [-0.2, -0.15) is 11.8 Å². The lowest BCUT2D eigenvalue weighted by molar-refractivity contribution is -0.139. The number of carbonyl (C=O) groups excluding carboxylic acids is 1. The van der Waals surface area contributed by atoms with E-state index in [0.717, 1.165) is 0 Å². The van der Waals surface area contributed by atoms with Crippen molar-refractivity contribution in [3.63, 3.8) is 0 Å². The largest absolute Gasteiger partial charge is 0.480 e. The first-order chi connectivity index (χ1) is 8.60. The zero-order valence-electron chi connectivity index (χ0n) is 10.4. The standard InChI is InChI=1S/C12H17NO4S/c1-3-10-8(4-6-17-10)11(14)13-9(12(15)16)5-7-18-2/h4,6,9H,3,5,7H2,1-2H3,(H,13,14)(H,15,16)/t9-/m0/s1. The van der Waals surface area contributed by atoms with E-state index in [9.17, 15) is 9.59 Å². The smallest absolute Gasteiger partial charge is 0.326 e. The maximum absolute atomic E-state index is 11.9. The van der Waals surface area contributed by atoms with Gasteiger partial charge >= 0.3 is 5.97 Å². The fourth-order valence-electron chi connectivity index (χ4n) is 1.55. The average Bonchev–Trinajstić information content (AvgIpc) is 2.82. The van der Waals surface area contributed by atoms with Crippen molar-refractivity contribution < 1.29 is 19.1 Å². The van der Waals surface area contributed by atoms with Gasteiger partial charge in [0.1, 0.15) is 11.8 Å². The van der Waals surface area contributed by atoms with Crippen LogP contribution in [-0.2, 0) is 11.2 Å². The predicted octanol–water partition coefficient (Wildman–Crippen LogP) is 1.78. The van der Waals surface area contributed by atoms with E-state index in [1.807, 2.05) is 13.2 Å². The molecule has 0 saturated carbocycles. The van der Waals surface area contributed by atoms with Crippen molar-refractivity contribution in [2.45, 2.75) is 25.8 Å². The molecule has 0 radical (unpaired) electrons. The van der Waals surface area contributed by atoms with Gasteiger partial charge < -0.3 is 14.8 Å². The fourth-order valence-corrected chi connectivity index (χ4v) is 2.02. The highest BCUT2D eigenvalue weighted by atomic mass is 32.2. The molecule has 1 heterocycles. The van der Waals surface area contributed by atoms with Gasteiger partial charge in [-0.1, -0.05) is 6.92 Å². The Balaban J connectivity index is 2.69. The van der Waals surface area contributed by atoms with Gasteiger partial charge in [0.2, 0.25) is 0 Å². The van der Waals surface area contributed by atoms with E-state index < -0.39 is 17.9 Å². The summed E-state index contributed by atoms with van der Waals surface area (Å²) >= 11 is 1.55. The van der Waals surface area contributed by atoms with Crippen LogP contribution in [0.15, 0.2) is 16.7 Å². The van der Waals surface area contributed by atoms with Crippen LogP contribution in [0.5, 0.6) is 0 Å². The molecule has 0 aromatic carbocycles. The summed E-state index contributed by atoms with van der Waals surface area (Å²) in [5.74, 6) is -0.155. The van der Waals surface area contributed by atoms with Crippen LogP contribution in [0, 0.1) is 0 Å². The van der Waals surface area contributed by atoms with Gasteiger partial charge in [0.25, 0.3) is 5.91 Å². The van der Waals surface area contributed by atoms with Gasteiger partial charge in [-0.05, 0) is 24.5 Å². The number of nitrogens with one attached hydrogen (secondary N) is 1. The second-order valence-corrected chi connectivity index (χ2v) is 4.74. The molecule has 0 saturated heterocycles. The monoisotopic (exact) mass is 271 g/mol. The maximum atomic E-state index is 11.9. The number of aryl methyl sites for hydroxylation is 1. The number of hydrogen-bond donors (Lipinski definition) is 2. The molecular weight excluding hydrogens is 254 g/mol. The highest BCUT2D eigenvalue weighted by Gasteiger charge is 2.22. The van der Waals surface area contributed by atoms with Gasteiger partial charge in [0.15, 0.2) is 0 Å². The minimum atomic E-state index is -1.01. The summed E-state index contributed by atoms with van der Waals surface area (Å²) in [4.78, 5) is 22.9. The van der Waals surface area contributed by atoms with E-state index in [1.165, 1.54) is 6.26 Å². The van der Waals surface area contributed by atoms with Crippen molar-refractivity contribution in [2.24, 2.45) is 0 Å². The predicted molar refractivity (Wildman–Crippen MR) is 70.0 cm³/mol. The normalized spacial score (nSPS) is 12.1. The van der Waals surface area contributed by atoms with Gasteiger partial charge in [-0.15, -0.1) is 0 Å². The lowest BCUT2D eigenvalue weighted by atomic mass is 10.1. The molecule has 1 aromatic heterocycles. The van der Waals surface area contributed by atoms with Crippen LogP contribution in [0.3, 0.4) is 0 Å². The molecule has 0 aliphatic heterocycles. The molecule has 1 amide bonds. The number of carboxylic acid groups (broad SMARTS) is 1. The van der Waals surface area contributed by atoms with Crippen LogP contribution in [-0.4, -0.2) is 35.0 Å². The fraction of sp³-hybridized carbons (Fsp3) is 0.500. The lowest BCUT2D eigenvalue weighted by Gasteiger charge is -2.13. The lowest BCUT2D eigenvalue weighted by Crippen LogP contribution is -2.41. The number of amides is 1. The van der Waals surface area contributed by atoms with Crippen LogP contribution in [0.25, 0.3) is 0 Å². The first kappa shape index (κ1) is 14.6. The highest BCUT2D eigenvalue weighted by Crippen LogP contribution is 2.12. The molecule has 2 N–H and O–H groups in total. The summed E-state index contributed by atoms with van der Waals surface area (Å²) in [6, 6.07) is 0.700. The number of hydrogen-bond acceptors (Lipinski definition) is 4. The number of carbonyl (C=O) groups is 2. The highest BCUT2D eigenvalue weighted by molar-refractivity contribution is 7.98. The van der Waals surface area contributed by atoms with Crippen LogP contribution in [0.4, 0.5) is 0 Å². The van der Waals surface area contributed by atoms with Crippen molar-refractivity contribution in [2.75, 3.05) is 12.0 Å². The molecular formula is C12H17NO4S. The molecule has 100 valence electrons. The molecule has 0 spiro atoms.